The third kappa shape index (κ3) is 8.14. The molecular formula is C46H58N10O5. The minimum atomic E-state index is -0.690. The molecule has 2 amide bonds. The lowest BCUT2D eigenvalue weighted by atomic mass is 9.86. The van der Waals surface area contributed by atoms with Gasteiger partial charge >= 0.3 is 5.69 Å². The maximum Gasteiger partial charge on any atom is 0.330 e. The highest BCUT2D eigenvalue weighted by Crippen LogP contribution is 2.41. The number of aromatic amines is 1. The molecule has 15 nitrogen and oxygen atoms in total. The Morgan fingerprint density at radius 3 is 2.33 bits per heavy atom. The largest absolute Gasteiger partial charge is 0.488 e. The Hall–Kier alpha value is -5.28. The summed E-state index contributed by atoms with van der Waals surface area (Å²) in [5.41, 5.74) is 4.98. The van der Waals surface area contributed by atoms with Crippen LogP contribution in [0, 0.1) is 5.92 Å². The normalized spacial score (nSPS) is 23.9. The van der Waals surface area contributed by atoms with Gasteiger partial charge in [-0.3, -0.25) is 34.0 Å². The maximum absolute atomic E-state index is 13.7. The lowest BCUT2D eigenvalue weighted by Crippen LogP contribution is -2.48. The molecule has 15 heteroatoms. The molecule has 10 rings (SSSR count). The van der Waals surface area contributed by atoms with Gasteiger partial charge in [0.2, 0.25) is 11.8 Å². The highest BCUT2D eigenvalue weighted by Gasteiger charge is 2.40. The monoisotopic (exact) mass is 830 g/mol. The molecule has 0 radical (unpaired) electrons. The summed E-state index contributed by atoms with van der Waals surface area (Å²) in [6, 6.07) is 13.5. The molecule has 2 aliphatic carbocycles. The lowest BCUT2D eigenvalue weighted by molar-refractivity contribution is -0.135. The average Bonchev–Trinajstić information content (AvgIpc) is 3.71. The summed E-state index contributed by atoms with van der Waals surface area (Å²) in [5.74, 6) is 1.82. The summed E-state index contributed by atoms with van der Waals surface area (Å²) < 4.78 is 16.3. The van der Waals surface area contributed by atoms with Crippen LogP contribution in [0.1, 0.15) is 97.1 Å². The Morgan fingerprint density at radius 1 is 0.820 bits per heavy atom. The Labute approximate surface area is 355 Å². The summed E-state index contributed by atoms with van der Waals surface area (Å²) in [4.78, 5) is 55.0. The van der Waals surface area contributed by atoms with E-state index in [1.807, 2.05) is 32.0 Å². The number of anilines is 2. The SMILES string of the molecule is CC(C)n1c(=O)n(C2CCC(=O)NC2=O)c2ccc(N3CCC(OC4CCC(CN5CCN(c6cc(-c7n[nH]c8ccc(OC9(C)CC9)cc78)ncn6)CC5)CC4)CC3)cc21. The Kier molecular flexibility index (Phi) is 10.6. The van der Waals surface area contributed by atoms with Crippen LogP contribution in [0.5, 0.6) is 5.75 Å². The van der Waals surface area contributed by atoms with Crippen LogP contribution in [0.3, 0.4) is 0 Å². The number of ether oxygens (including phenoxy) is 2. The van der Waals surface area contributed by atoms with Gasteiger partial charge in [-0.15, -0.1) is 0 Å². The van der Waals surface area contributed by atoms with Gasteiger partial charge in [0.15, 0.2) is 0 Å². The van der Waals surface area contributed by atoms with Gasteiger partial charge in [0.1, 0.15) is 35.2 Å². The number of nitrogens with one attached hydrogen (secondary N) is 2. The van der Waals surface area contributed by atoms with Gasteiger partial charge in [0.05, 0.1) is 34.5 Å². The van der Waals surface area contributed by atoms with Crippen LogP contribution in [-0.4, -0.2) is 110 Å². The number of nitrogens with zero attached hydrogens (tertiary/aromatic N) is 8. The predicted octanol–water partition coefficient (Wildman–Crippen LogP) is 5.99. The first-order valence-corrected chi connectivity index (χ1v) is 22.5. The number of amides is 2. The minimum absolute atomic E-state index is 0.0414. The molecule has 2 N–H and O–H groups in total. The molecule has 1 unspecified atom stereocenters. The Balaban J connectivity index is 0.686. The summed E-state index contributed by atoms with van der Waals surface area (Å²) >= 11 is 0. The molecule has 0 bridgehead atoms. The molecule has 3 aromatic heterocycles. The number of hydrogen-bond donors (Lipinski definition) is 2. The fourth-order valence-electron chi connectivity index (χ4n) is 10.1. The van der Waals surface area contributed by atoms with Crippen molar-refractivity contribution in [2.75, 3.05) is 55.6 Å². The van der Waals surface area contributed by atoms with E-state index in [-0.39, 0.29) is 35.8 Å². The predicted molar refractivity (Wildman–Crippen MR) is 234 cm³/mol. The van der Waals surface area contributed by atoms with Crippen LogP contribution in [0.2, 0.25) is 0 Å². The smallest absolute Gasteiger partial charge is 0.330 e. The first-order chi connectivity index (χ1) is 29.6. The van der Waals surface area contributed by atoms with Crippen LogP contribution >= 0.6 is 0 Å². The van der Waals surface area contributed by atoms with Crippen molar-refractivity contribution in [3.63, 3.8) is 0 Å². The van der Waals surface area contributed by atoms with Crippen LogP contribution < -0.4 is 25.5 Å². The second-order valence-electron chi connectivity index (χ2n) is 18.6. The first kappa shape index (κ1) is 39.8. The van der Waals surface area contributed by atoms with Crippen molar-refractivity contribution in [3.05, 3.63) is 59.3 Å². The van der Waals surface area contributed by atoms with E-state index in [1.165, 1.54) is 12.8 Å². The summed E-state index contributed by atoms with van der Waals surface area (Å²) in [5, 5.41) is 11.2. The van der Waals surface area contributed by atoms with E-state index in [9.17, 15) is 14.4 Å². The zero-order chi connectivity index (χ0) is 41.8. The molecule has 5 aliphatic rings. The van der Waals surface area contributed by atoms with Crippen molar-refractivity contribution in [3.8, 4) is 17.1 Å². The molecule has 5 aromatic rings. The lowest BCUT2D eigenvalue weighted by Gasteiger charge is -2.39. The van der Waals surface area contributed by atoms with Crippen LogP contribution in [0.15, 0.2) is 53.6 Å². The van der Waals surface area contributed by atoms with E-state index in [0.717, 1.165) is 135 Å². The number of benzene rings is 2. The minimum Gasteiger partial charge on any atom is -0.488 e. The molecule has 61 heavy (non-hydrogen) atoms. The second-order valence-corrected chi connectivity index (χ2v) is 18.6. The third-order valence-corrected chi connectivity index (χ3v) is 13.9. The highest BCUT2D eigenvalue weighted by molar-refractivity contribution is 6.00. The third-order valence-electron chi connectivity index (χ3n) is 13.9. The molecule has 322 valence electrons. The van der Waals surface area contributed by atoms with Gasteiger partial charge < -0.3 is 19.3 Å². The van der Waals surface area contributed by atoms with Crippen LogP contribution in [-0.2, 0) is 14.3 Å². The molecule has 3 saturated heterocycles. The van der Waals surface area contributed by atoms with Crippen molar-refractivity contribution in [1.29, 1.82) is 0 Å². The van der Waals surface area contributed by atoms with Crippen LogP contribution in [0.25, 0.3) is 33.3 Å². The van der Waals surface area contributed by atoms with Gasteiger partial charge in [-0.25, -0.2) is 14.8 Å². The van der Waals surface area contributed by atoms with E-state index in [0.29, 0.717) is 18.4 Å². The zero-order valence-electron chi connectivity index (χ0n) is 35.6. The average molecular weight is 831 g/mol. The van der Waals surface area contributed by atoms with E-state index in [1.54, 1.807) is 15.5 Å². The second kappa shape index (κ2) is 16.2. The molecular weight excluding hydrogens is 773 g/mol. The number of piperazine rings is 1. The Bertz CT molecular complexity index is 2480. The number of aromatic nitrogens is 6. The number of imide groups is 1. The molecule has 0 spiro atoms. The highest BCUT2D eigenvalue weighted by atomic mass is 16.5. The molecule has 5 fully saturated rings. The van der Waals surface area contributed by atoms with E-state index in [2.05, 4.69) is 71.4 Å². The fourth-order valence-corrected chi connectivity index (χ4v) is 10.1. The van der Waals surface area contributed by atoms with Gasteiger partial charge in [-0.2, -0.15) is 5.10 Å². The van der Waals surface area contributed by atoms with Gasteiger partial charge in [0, 0.05) is 75.4 Å². The van der Waals surface area contributed by atoms with Crippen molar-refractivity contribution >= 4 is 45.3 Å². The molecule has 2 saturated carbocycles. The van der Waals surface area contributed by atoms with E-state index < -0.39 is 11.9 Å². The van der Waals surface area contributed by atoms with Gasteiger partial charge in [-0.1, -0.05) is 0 Å². The van der Waals surface area contributed by atoms with E-state index in [4.69, 9.17) is 9.47 Å². The van der Waals surface area contributed by atoms with Crippen molar-refractivity contribution < 1.29 is 19.1 Å². The Morgan fingerprint density at radius 2 is 1.59 bits per heavy atom. The summed E-state index contributed by atoms with van der Waals surface area (Å²) in [7, 11) is 0. The number of rotatable bonds is 11. The van der Waals surface area contributed by atoms with Gasteiger partial charge in [0.25, 0.3) is 0 Å². The molecule has 2 aromatic carbocycles. The van der Waals surface area contributed by atoms with E-state index >= 15 is 0 Å². The topological polar surface area (TPSA) is 156 Å². The zero-order valence-corrected chi connectivity index (χ0v) is 35.6. The summed E-state index contributed by atoms with van der Waals surface area (Å²) in [6.07, 6.45) is 11.6. The number of hydrogen-bond acceptors (Lipinski definition) is 11. The number of carbonyl (C=O) groups is 2. The maximum atomic E-state index is 13.7. The number of fused-ring (bicyclic) bond motifs is 2. The molecule has 1 atom stereocenters. The molecule has 6 heterocycles. The first-order valence-electron chi connectivity index (χ1n) is 22.5. The molecule has 3 aliphatic heterocycles. The number of carbonyl (C=O) groups excluding carboxylic acids is 2. The number of piperidine rings is 2. The van der Waals surface area contributed by atoms with Crippen LogP contribution in [0.4, 0.5) is 11.5 Å². The summed E-state index contributed by atoms with van der Waals surface area (Å²) in [6.45, 7) is 13.0. The number of imidazole rings is 1. The van der Waals surface area contributed by atoms with Crippen molar-refractivity contribution in [1.82, 2.24) is 39.5 Å². The quantitative estimate of drug-likeness (QED) is 0.151. The fraction of sp³-hybridized carbons (Fsp3) is 0.565. The van der Waals surface area contributed by atoms with Gasteiger partial charge in [-0.05, 0) is 121 Å². The standard InChI is InChI=1S/C46H58N10O5/c1-29(2)55-40-24-31(6-11-38(40)56(45(55)59)39-12-13-42(57)49-44(39)58)53-18-14-33(15-19-53)60-32-7-4-30(5-8-32)27-52-20-22-54(23-21-52)41-26-37(47-28-48-41)43-35-25-34(61-46(3)16-17-46)9-10-36(35)50-51-43/h6,9-11,24-26,28-30,32-33,39H,4-5,7-8,12-23,27H2,1-3H3,(H,50,51)(H,49,57,58). The van der Waals surface area contributed by atoms with Crippen molar-refractivity contribution in [2.45, 2.75) is 115 Å². The number of H-pyrrole nitrogens is 1. The van der Waals surface area contributed by atoms with Crippen molar-refractivity contribution in [2.24, 2.45) is 5.92 Å².